The van der Waals surface area contributed by atoms with Crippen molar-refractivity contribution in [1.82, 2.24) is 9.88 Å². The smallest absolute Gasteiger partial charge is 0.281 e. The second-order valence-electron chi connectivity index (χ2n) is 6.11. The van der Waals surface area contributed by atoms with Crippen molar-refractivity contribution in [3.63, 3.8) is 0 Å². The molecule has 4 nitrogen and oxygen atoms in total. The van der Waals surface area contributed by atoms with Gasteiger partial charge in [-0.3, -0.25) is 4.90 Å². The van der Waals surface area contributed by atoms with Crippen molar-refractivity contribution in [3.05, 3.63) is 50.9 Å². The van der Waals surface area contributed by atoms with E-state index in [2.05, 4.69) is 11.1 Å². The number of benzene rings is 1. The third-order valence-corrected chi connectivity index (χ3v) is 5.59. The molecule has 0 bridgehead atoms. The van der Waals surface area contributed by atoms with Crippen LogP contribution in [0.15, 0.2) is 29.8 Å². The van der Waals surface area contributed by atoms with Crippen molar-refractivity contribution < 1.29 is 13.5 Å². The van der Waals surface area contributed by atoms with Crippen LogP contribution in [0.1, 0.15) is 41.4 Å². The molecule has 0 aliphatic carbocycles. The maximum absolute atomic E-state index is 13.1. The molecule has 1 aliphatic rings. The molecule has 26 heavy (non-hydrogen) atoms. The van der Waals surface area contributed by atoms with Gasteiger partial charge in [-0.25, -0.2) is 13.8 Å². The zero-order valence-electron chi connectivity index (χ0n) is 13.9. The fraction of sp³-hybridized carbons (Fsp3) is 0.444. The lowest BCUT2D eigenvalue weighted by Gasteiger charge is -2.34. The van der Waals surface area contributed by atoms with E-state index in [9.17, 15) is 14.0 Å². The molecule has 1 unspecified atom stereocenters. The Labute approximate surface area is 160 Å². The van der Waals surface area contributed by atoms with Crippen molar-refractivity contribution in [3.8, 4) is 6.07 Å². The summed E-state index contributed by atoms with van der Waals surface area (Å²) >= 11 is 6.99. The van der Waals surface area contributed by atoms with Gasteiger partial charge in [0, 0.05) is 18.1 Å². The van der Waals surface area contributed by atoms with Crippen LogP contribution in [0, 0.1) is 11.3 Å². The van der Waals surface area contributed by atoms with E-state index in [-0.39, 0.29) is 11.8 Å². The number of aromatic nitrogens is 1. The van der Waals surface area contributed by atoms with Crippen molar-refractivity contribution in [2.24, 2.45) is 0 Å². The SMILES string of the molecule is N#CC(c1scnc1C(F)F)N1CCC(OCc2ccc(Cl)cc2)CC1. The summed E-state index contributed by atoms with van der Waals surface area (Å²) < 4.78 is 32.1. The number of nitriles is 1. The van der Waals surface area contributed by atoms with Crippen LogP contribution < -0.4 is 0 Å². The van der Waals surface area contributed by atoms with Crippen LogP contribution in [-0.2, 0) is 11.3 Å². The highest BCUT2D eigenvalue weighted by Gasteiger charge is 2.31. The summed E-state index contributed by atoms with van der Waals surface area (Å²) in [5, 5.41) is 10.2. The van der Waals surface area contributed by atoms with Crippen LogP contribution in [0.4, 0.5) is 8.78 Å². The average Bonchev–Trinajstić information content (AvgIpc) is 3.13. The van der Waals surface area contributed by atoms with Crippen molar-refractivity contribution in [2.75, 3.05) is 13.1 Å². The summed E-state index contributed by atoms with van der Waals surface area (Å²) in [5.74, 6) is 0. The third-order valence-electron chi connectivity index (χ3n) is 4.44. The number of ether oxygens (including phenoxy) is 1. The Morgan fingerprint density at radius 3 is 2.62 bits per heavy atom. The fourth-order valence-corrected chi connectivity index (χ4v) is 4.03. The minimum Gasteiger partial charge on any atom is -0.373 e. The van der Waals surface area contributed by atoms with E-state index in [0.29, 0.717) is 29.6 Å². The zero-order chi connectivity index (χ0) is 18.5. The van der Waals surface area contributed by atoms with Crippen molar-refractivity contribution >= 4 is 22.9 Å². The molecule has 0 amide bonds. The Hall–Kier alpha value is -1.59. The molecule has 1 fully saturated rings. The van der Waals surface area contributed by atoms with E-state index in [4.69, 9.17) is 16.3 Å². The highest BCUT2D eigenvalue weighted by Crippen LogP contribution is 2.34. The quantitative estimate of drug-likeness (QED) is 0.689. The first-order valence-electron chi connectivity index (χ1n) is 8.29. The number of hydrogen-bond acceptors (Lipinski definition) is 5. The number of halogens is 3. The number of rotatable bonds is 6. The molecule has 2 aromatic rings. The molecule has 1 atom stereocenters. The maximum atomic E-state index is 13.1. The topological polar surface area (TPSA) is 49.2 Å². The number of nitrogens with zero attached hydrogens (tertiary/aromatic N) is 3. The minimum atomic E-state index is -2.66. The minimum absolute atomic E-state index is 0.0947. The molecule has 138 valence electrons. The lowest BCUT2D eigenvalue weighted by Crippen LogP contribution is -2.39. The molecule has 0 radical (unpaired) electrons. The molecule has 2 heterocycles. The first-order valence-corrected chi connectivity index (χ1v) is 9.55. The van der Waals surface area contributed by atoms with E-state index >= 15 is 0 Å². The molecule has 0 saturated carbocycles. The summed E-state index contributed by atoms with van der Waals surface area (Å²) in [4.78, 5) is 6.00. The Kier molecular flexibility index (Phi) is 6.54. The number of alkyl halides is 2. The molecule has 1 aliphatic heterocycles. The monoisotopic (exact) mass is 397 g/mol. The predicted octanol–water partition coefficient (Wildman–Crippen LogP) is 4.98. The van der Waals surface area contributed by atoms with Gasteiger partial charge in [0.05, 0.1) is 29.2 Å². The van der Waals surface area contributed by atoms with Crippen LogP contribution in [0.25, 0.3) is 0 Å². The van der Waals surface area contributed by atoms with Gasteiger partial charge in [0.2, 0.25) is 0 Å². The first kappa shape index (κ1) is 19.2. The Balaban J connectivity index is 1.54. The highest BCUT2D eigenvalue weighted by atomic mass is 35.5. The Morgan fingerprint density at radius 1 is 1.31 bits per heavy atom. The zero-order valence-corrected chi connectivity index (χ0v) is 15.5. The molecular formula is C18H18ClF2N3OS. The van der Waals surface area contributed by atoms with Gasteiger partial charge in [-0.2, -0.15) is 5.26 Å². The summed E-state index contributed by atoms with van der Waals surface area (Å²) in [7, 11) is 0. The van der Waals surface area contributed by atoms with E-state index in [1.54, 1.807) is 0 Å². The van der Waals surface area contributed by atoms with Gasteiger partial charge in [0.15, 0.2) is 0 Å². The van der Waals surface area contributed by atoms with E-state index in [0.717, 1.165) is 29.7 Å². The molecule has 0 N–H and O–H groups in total. The van der Waals surface area contributed by atoms with Crippen LogP contribution in [-0.4, -0.2) is 29.1 Å². The predicted molar refractivity (Wildman–Crippen MR) is 96.3 cm³/mol. The van der Waals surface area contributed by atoms with Crippen LogP contribution >= 0.6 is 22.9 Å². The van der Waals surface area contributed by atoms with Gasteiger partial charge in [0.1, 0.15) is 11.7 Å². The molecule has 8 heteroatoms. The second kappa shape index (κ2) is 8.87. The Morgan fingerprint density at radius 2 is 2.00 bits per heavy atom. The van der Waals surface area contributed by atoms with Gasteiger partial charge in [-0.15, -0.1) is 11.3 Å². The molecule has 1 aromatic heterocycles. The molecule has 0 spiro atoms. The summed E-state index contributed by atoms with van der Waals surface area (Å²) in [5.41, 5.74) is 2.16. The van der Waals surface area contributed by atoms with Gasteiger partial charge in [-0.1, -0.05) is 23.7 Å². The summed E-state index contributed by atoms with van der Waals surface area (Å²) in [6.45, 7) is 1.77. The van der Waals surface area contributed by atoms with Crippen LogP contribution in [0.5, 0.6) is 0 Å². The van der Waals surface area contributed by atoms with Crippen molar-refractivity contribution in [2.45, 2.75) is 38.0 Å². The number of piperidine rings is 1. The molecule has 1 saturated heterocycles. The Bertz CT molecular complexity index is 755. The number of likely N-dealkylation sites (tertiary alicyclic amines) is 1. The highest BCUT2D eigenvalue weighted by molar-refractivity contribution is 7.09. The van der Waals surface area contributed by atoms with Crippen LogP contribution in [0.2, 0.25) is 5.02 Å². The average molecular weight is 398 g/mol. The number of hydrogen-bond donors (Lipinski definition) is 0. The summed E-state index contributed by atoms with van der Waals surface area (Å²) in [6, 6.07) is 9.00. The normalized spacial score (nSPS) is 17.3. The summed E-state index contributed by atoms with van der Waals surface area (Å²) in [6.07, 6.45) is -1.05. The molecular weight excluding hydrogens is 380 g/mol. The standard InChI is InChI=1S/C18H18ClF2N3OS/c19-13-3-1-12(2-4-13)10-25-14-5-7-24(8-6-14)15(9-22)17-16(18(20)21)23-11-26-17/h1-4,11,14-15,18H,5-8,10H2. The van der Waals surface area contributed by atoms with Crippen molar-refractivity contribution in [1.29, 1.82) is 5.26 Å². The van der Waals surface area contributed by atoms with E-state index in [1.807, 2.05) is 29.2 Å². The lowest BCUT2D eigenvalue weighted by molar-refractivity contribution is -0.00698. The van der Waals surface area contributed by atoms with E-state index < -0.39 is 12.5 Å². The molecule has 3 rings (SSSR count). The fourth-order valence-electron chi connectivity index (χ4n) is 3.03. The van der Waals surface area contributed by atoms with Gasteiger partial charge >= 0.3 is 0 Å². The van der Waals surface area contributed by atoms with E-state index in [1.165, 1.54) is 5.51 Å². The molecule has 1 aromatic carbocycles. The largest absolute Gasteiger partial charge is 0.373 e. The lowest BCUT2D eigenvalue weighted by atomic mass is 10.0. The maximum Gasteiger partial charge on any atom is 0.281 e. The van der Waals surface area contributed by atoms with Crippen LogP contribution in [0.3, 0.4) is 0 Å². The van der Waals surface area contributed by atoms with Gasteiger partial charge in [0.25, 0.3) is 6.43 Å². The first-order chi connectivity index (χ1) is 12.6. The van der Waals surface area contributed by atoms with Gasteiger partial charge < -0.3 is 4.74 Å². The van der Waals surface area contributed by atoms with Gasteiger partial charge in [-0.05, 0) is 30.5 Å². The third kappa shape index (κ3) is 4.57. The second-order valence-corrected chi connectivity index (χ2v) is 7.43. The number of thiazole rings is 1.